The van der Waals surface area contributed by atoms with Crippen LogP contribution >= 0.6 is 11.6 Å². The summed E-state index contributed by atoms with van der Waals surface area (Å²) < 4.78 is 13.6. The first kappa shape index (κ1) is 17.4. The molecule has 0 bridgehead atoms. The minimum atomic E-state index is -0.667. The van der Waals surface area contributed by atoms with E-state index in [1.165, 1.54) is 25.1 Å². The first-order valence-corrected chi connectivity index (χ1v) is 7.03. The van der Waals surface area contributed by atoms with Crippen molar-refractivity contribution in [3.05, 3.63) is 34.6 Å². The fourth-order valence-corrected chi connectivity index (χ4v) is 2.30. The van der Waals surface area contributed by atoms with Gasteiger partial charge in [0.1, 0.15) is 5.82 Å². The van der Waals surface area contributed by atoms with Gasteiger partial charge in [-0.15, -0.1) is 0 Å². The van der Waals surface area contributed by atoms with Crippen molar-refractivity contribution in [2.24, 2.45) is 0 Å². The molecule has 0 fully saturated rings. The van der Waals surface area contributed by atoms with E-state index in [0.29, 0.717) is 6.54 Å². The van der Waals surface area contributed by atoms with E-state index in [1.54, 1.807) is 4.90 Å². The zero-order valence-corrected chi connectivity index (χ0v) is 13.4. The first-order valence-electron chi connectivity index (χ1n) is 6.65. The monoisotopic (exact) mass is 314 g/mol. The van der Waals surface area contributed by atoms with Crippen LogP contribution in [0.5, 0.6) is 0 Å². The Morgan fingerprint density at radius 1 is 1.33 bits per heavy atom. The van der Waals surface area contributed by atoms with Crippen molar-refractivity contribution in [3.63, 3.8) is 0 Å². The van der Waals surface area contributed by atoms with Gasteiger partial charge in [-0.1, -0.05) is 17.7 Å². The highest BCUT2D eigenvalue weighted by atomic mass is 35.5. The van der Waals surface area contributed by atoms with Gasteiger partial charge in [0.15, 0.2) is 0 Å². The number of rotatable bonds is 4. The molecule has 0 aliphatic heterocycles. The third-order valence-electron chi connectivity index (χ3n) is 3.00. The second-order valence-electron chi connectivity index (χ2n) is 5.69. The Morgan fingerprint density at radius 2 is 1.95 bits per heavy atom. The number of nitrogens with zero attached hydrogens (tertiary/aromatic N) is 1. The molecule has 0 saturated carbocycles. The Bertz CT molecular complexity index is 521. The highest BCUT2D eigenvalue weighted by Gasteiger charge is 2.23. The quantitative estimate of drug-likeness (QED) is 0.929. The Labute approximate surface area is 129 Å². The van der Waals surface area contributed by atoms with Gasteiger partial charge in [-0.05, 0) is 32.9 Å². The molecular weight excluding hydrogens is 295 g/mol. The minimum absolute atomic E-state index is 0.0618. The van der Waals surface area contributed by atoms with Gasteiger partial charge in [0.05, 0.1) is 10.6 Å². The molecular formula is C15H20ClFN2O2. The summed E-state index contributed by atoms with van der Waals surface area (Å²) in [5.74, 6) is -1.34. The number of carbonyl (C=O) groups excluding carboxylic acids is 2. The number of benzene rings is 1. The minimum Gasteiger partial charge on any atom is -0.350 e. The van der Waals surface area contributed by atoms with Crippen LogP contribution < -0.4 is 5.32 Å². The van der Waals surface area contributed by atoms with Crippen LogP contribution in [0.25, 0.3) is 0 Å². The third-order valence-corrected chi connectivity index (χ3v) is 3.32. The standard InChI is InChI=1S/C15H20ClFN2O2/c1-10(20)19(15(2,3)4)9-8-18-14(21)13-11(16)6-5-7-12(13)17/h5-7H,8-9H2,1-4H3,(H,18,21). The molecule has 6 heteroatoms. The molecule has 0 aliphatic carbocycles. The van der Waals surface area contributed by atoms with Crippen LogP contribution in [0.15, 0.2) is 18.2 Å². The number of carbonyl (C=O) groups is 2. The van der Waals surface area contributed by atoms with Crippen molar-refractivity contribution in [1.29, 1.82) is 0 Å². The zero-order chi connectivity index (χ0) is 16.2. The van der Waals surface area contributed by atoms with Crippen molar-refractivity contribution >= 4 is 23.4 Å². The SMILES string of the molecule is CC(=O)N(CCNC(=O)c1c(F)cccc1Cl)C(C)(C)C. The van der Waals surface area contributed by atoms with Crippen molar-refractivity contribution < 1.29 is 14.0 Å². The Hall–Kier alpha value is -1.62. The maximum absolute atomic E-state index is 13.6. The van der Waals surface area contributed by atoms with Gasteiger partial charge in [-0.2, -0.15) is 0 Å². The normalized spacial score (nSPS) is 11.1. The topological polar surface area (TPSA) is 49.4 Å². The Balaban J connectivity index is 2.68. The fourth-order valence-electron chi connectivity index (χ4n) is 2.05. The van der Waals surface area contributed by atoms with Crippen molar-refractivity contribution in [2.75, 3.05) is 13.1 Å². The molecule has 21 heavy (non-hydrogen) atoms. The lowest BCUT2D eigenvalue weighted by molar-refractivity contribution is -0.133. The van der Waals surface area contributed by atoms with Crippen molar-refractivity contribution in [1.82, 2.24) is 10.2 Å². The van der Waals surface area contributed by atoms with Crippen LogP contribution in [-0.2, 0) is 4.79 Å². The molecule has 0 spiro atoms. The summed E-state index contributed by atoms with van der Waals surface area (Å²) in [6.45, 7) is 7.76. The fraction of sp³-hybridized carbons (Fsp3) is 0.467. The lowest BCUT2D eigenvalue weighted by Gasteiger charge is -2.35. The van der Waals surface area contributed by atoms with Crippen LogP contribution in [0.3, 0.4) is 0 Å². The Kier molecular flexibility index (Phi) is 5.72. The summed E-state index contributed by atoms with van der Waals surface area (Å²) in [6.07, 6.45) is 0. The second kappa shape index (κ2) is 6.89. The molecule has 0 radical (unpaired) electrons. The van der Waals surface area contributed by atoms with Crippen LogP contribution in [0.2, 0.25) is 5.02 Å². The van der Waals surface area contributed by atoms with Gasteiger partial charge in [-0.25, -0.2) is 4.39 Å². The van der Waals surface area contributed by atoms with E-state index in [0.717, 1.165) is 0 Å². The molecule has 1 aromatic carbocycles. The van der Waals surface area contributed by atoms with Crippen molar-refractivity contribution in [2.45, 2.75) is 33.2 Å². The molecule has 0 unspecified atom stereocenters. The molecule has 1 aromatic rings. The van der Waals surface area contributed by atoms with E-state index in [1.807, 2.05) is 20.8 Å². The molecule has 0 saturated heterocycles. The average Bonchev–Trinajstić information content (AvgIpc) is 2.32. The molecule has 1 rings (SSSR count). The maximum atomic E-state index is 13.6. The summed E-state index contributed by atoms with van der Waals surface area (Å²) >= 11 is 5.82. The number of amides is 2. The van der Waals surface area contributed by atoms with E-state index in [-0.39, 0.29) is 28.6 Å². The summed E-state index contributed by atoms with van der Waals surface area (Å²) in [6, 6.07) is 4.07. The number of hydrogen-bond acceptors (Lipinski definition) is 2. The van der Waals surface area contributed by atoms with Crippen LogP contribution in [0, 0.1) is 5.82 Å². The first-order chi connectivity index (χ1) is 9.64. The number of hydrogen-bond donors (Lipinski definition) is 1. The second-order valence-corrected chi connectivity index (χ2v) is 6.10. The van der Waals surface area contributed by atoms with Crippen LogP contribution in [-0.4, -0.2) is 35.3 Å². The number of halogens is 2. The average molecular weight is 315 g/mol. The molecule has 0 aliphatic rings. The van der Waals surface area contributed by atoms with Gasteiger partial charge >= 0.3 is 0 Å². The smallest absolute Gasteiger partial charge is 0.255 e. The molecule has 1 N–H and O–H groups in total. The van der Waals surface area contributed by atoms with Crippen LogP contribution in [0.1, 0.15) is 38.1 Å². The van der Waals surface area contributed by atoms with E-state index in [9.17, 15) is 14.0 Å². The Morgan fingerprint density at radius 3 is 2.43 bits per heavy atom. The van der Waals surface area contributed by atoms with Gasteiger partial charge < -0.3 is 10.2 Å². The molecule has 2 amide bonds. The molecule has 0 aromatic heterocycles. The summed E-state index contributed by atoms with van der Waals surface area (Å²) in [5.41, 5.74) is -0.518. The molecule has 116 valence electrons. The lowest BCUT2D eigenvalue weighted by atomic mass is 10.1. The van der Waals surface area contributed by atoms with Crippen molar-refractivity contribution in [3.8, 4) is 0 Å². The number of nitrogens with one attached hydrogen (secondary N) is 1. The van der Waals surface area contributed by atoms with Gasteiger partial charge in [0, 0.05) is 25.6 Å². The highest BCUT2D eigenvalue weighted by Crippen LogP contribution is 2.18. The molecule has 0 heterocycles. The van der Waals surface area contributed by atoms with E-state index < -0.39 is 11.7 Å². The van der Waals surface area contributed by atoms with E-state index in [2.05, 4.69) is 5.32 Å². The third kappa shape index (κ3) is 4.70. The summed E-state index contributed by atoms with van der Waals surface area (Å²) in [4.78, 5) is 25.2. The molecule has 4 nitrogen and oxygen atoms in total. The maximum Gasteiger partial charge on any atom is 0.255 e. The van der Waals surface area contributed by atoms with Gasteiger partial charge in [0.2, 0.25) is 5.91 Å². The molecule has 0 atom stereocenters. The summed E-state index contributed by atoms with van der Waals surface area (Å²) in [7, 11) is 0. The van der Waals surface area contributed by atoms with Gasteiger partial charge in [-0.3, -0.25) is 9.59 Å². The predicted molar refractivity (Wildman–Crippen MR) is 80.9 cm³/mol. The lowest BCUT2D eigenvalue weighted by Crippen LogP contribution is -2.48. The van der Waals surface area contributed by atoms with Crippen LogP contribution in [0.4, 0.5) is 4.39 Å². The highest BCUT2D eigenvalue weighted by molar-refractivity contribution is 6.33. The zero-order valence-electron chi connectivity index (χ0n) is 12.7. The summed E-state index contributed by atoms with van der Waals surface area (Å²) in [5, 5.41) is 2.64. The van der Waals surface area contributed by atoms with E-state index >= 15 is 0 Å². The predicted octanol–water partition coefficient (Wildman–Crippen LogP) is 2.86. The van der Waals surface area contributed by atoms with E-state index in [4.69, 9.17) is 11.6 Å². The van der Waals surface area contributed by atoms with Gasteiger partial charge in [0.25, 0.3) is 5.91 Å². The largest absolute Gasteiger partial charge is 0.350 e.